The fourth-order valence-corrected chi connectivity index (χ4v) is 2.93. The molecule has 1 amide bonds. The highest BCUT2D eigenvalue weighted by molar-refractivity contribution is 6.05. The molecule has 4 aromatic rings. The van der Waals surface area contributed by atoms with Crippen molar-refractivity contribution >= 4 is 17.4 Å². The Bertz CT molecular complexity index is 1120. The number of pyridine rings is 1. The number of aromatic nitrogens is 2. The zero-order valence-corrected chi connectivity index (χ0v) is 15.3. The van der Waals surface area contributed by atoms with Gasteiger partial charge in [-0.2, -0.15) is 0 Å². The molecule has 4 rings (SSSR count). The minimum atomic E-state index is -0.231. The normalized spacial score (nSPS) is 10.9. The maximum atomic E-state index is 12.8. The van der Waals surface area contributed by atoms with Gasteiger partial charge >= 0.3 is 0 Å². The number of carbonyl (C=O) groups excluding carboxylic acids is 1. The zero-order valence-electron chi connectivity index (χ0n) is 15.3. The summed E-state index contributed by atoms with van der Waals surface area (Å²) in [6.07, 6.45) is 1.94. The number of benzene rings is 1. The smallest absolute Gasteiger partial charge is 0.256 e. The lowest BCUT2D eigenvalue weighted by molar-refractivity contribution is 0.102. The second-order valence-electron chi connectivity index (χ2n) is 6.34. The molecular weight excluding hydrogens is 342 g/mol. The highest BCUT2D eigenvalue weighted by Crippen LogP contribution is 2.31. The van der Waals surface area contributed by atoms with Crippen LogP contribution in [0.2, 0.25) is 0 Å². The van der Waals surface area contributed by atoms with E-state index in [-0.39, 0.29) is 5.91 Å². The largest absolute Gasteiger partial charge is 0.497 e. The van der Waals surface area contributed by atoms with Gasteiger partial charge in [0.15, 0.2) is 5.76 Å². The van der Waals surface area contributed by atoms with Gasteiger partial charge in [-0.15, -0.1) is 0 Å². The molecule has 0 saturated carbocycles. The lowest BCUT2D eigenvalue weighted by atomic mass is 10.2. The minimum Gasteiger partial charge on any atom is -0.497 e. The van der Waals surface area contributed by atoms with E-state index >= 15 is 0 Å². The van der Waals surface area contributed by atoms with Gasteiger partial charge in [-0.3, -0.25) is 9.20 Å². The van der Waals surface area contributed by atoms with Crippen molar-refractivity contribution in [1.29, 1.82) is 0 Å². The maximum absolute atomic E-state index is 12.8. The first kappa shape index (κ1) is 16.9. The van der Waals surface area contributed by atoms with Crippen molar-refractivity contribution in [3.8, 4) is 17.2 Å². The van der Waals surface area contributed by atoms with E-state index in [1.54, 1.807) is 31.4 Å². The predicted octanol–water partition coefficient (Wildman–Crippen LogP) is 4.47. The first-order valence-electron chi connectivity index (χ1n) is 8.56. The number of ether oxygens (including phenoxy) is 1. The molecule has 0 radical (unpaired) electrons. The highest BCUT2D eigenvalue weighted by Gasteiger charge is 2.19. The molecule has 0 unspecified atom stereocenters. The number of imidazole rings is 1. The number of rotatable bonds is 4. The van der Waals surface area contributed by atoms with Crippen LogP contribution >= 0.6 is 0 Å². The fraction of sp³-hybridized carbons (Fsp3) is 0.143. The van der Waals surface area contributed by atoms with Gasteiger partial charge in [0.2, 0.25) is 0 Å². The van der Waals surface area contributed by atoms with Crippen LogP contribution in [0, 0.1) is 13.8 Å². The summed E-state index contributed by atoms with van der Waals surface area (Å²) in [5.41, 5.74) is 2.91. The van der Waals surface area contributed by atoms with Gasteiger partial charge in [0.1, 0.15) is 28.7 Å². The number of amides is 1. The molecule has 6 heteroatoms. The molecule has 0 aliphatic heterocycles. The third-order valence-electron chi connectivity index (χ3n) is 4.32. The summed E-state index contributed by atoms with van der Waals surface area (Å²) in [5, 5.41) is 2.98. The van der Waals surface area contributed by atoms with Crippen LogP contribution in [0.4, 0.5) is 5.82 Å². The monoisotopic (exact) mass is 361 g/mol. The summed E-state index contributed by atoms with van der Waals surface area (Å²) in [7, 11) is 1.59. The van der Waals surface area contributed by atoms with Gasteiger partial charge in [0, 0.05) is 11.8 Å². The van der Waals surface area contributed by atoms with E-state index in [4.69, 9.17) is 9.15 Å². The van der Waals surface area contributed by atoms with Crippen LogP contribution in [0.3, 0.4) is 0 Å². The third kappa shape index (κ3) is 3.17. The topological polar surface area (TPSA) is 68.8 Å². The average molecular weight is 361 g/mol. The van der Waals surface area contributed by atoms with E-state index in [1.165, 1.54) is 0 Å². The molecule has 136 valence electrons. The number of anilines is 1. The standard InChI is InChI=1S/C21H19N3O3/c1-13-4-11-18-22-19(17-10-5-14(2)27-17)20(24(18)12-13)23-21(25)15-6-8-16(26-3)9-7-15/h4-12H,1-3H3,(H,23,25). The molecule has 27 heavy (non-hydrogen) atoms. The number of carbonyl (C=O) groups is 1. The Morgan fingerprint density at radius 2 is 1.85 bits per heavy atom. The van der Waals surface area contributed by atoms with Gasteiger partial charge in [-0.1, -0.05) is 6.07 Å². The zero-order chi connectivity index (χ0) is 19.0. The summed E-state index contributed by atoms with van der Waals surface area (Å²) >= 11 is 0. The number of nitrogens with zero attached hydrogens (tertiary/aromatic N) is 2. The minimum absolute atomic E-state index is 0.231. The SMILES string of the molecule is COc1ccc(C(=O)Nc2c(-c3ccc(C)o3)nc3ccc(C)cn23)cc1. The number of nitrogens with one attached hydrogen (secondary N) is 1. The molecule has 0 fully saturated rings. The molecule has 0 bridgehead atoms. The Balaban J connectivity index is 1.78. The first-order chi connectivity index (χ1) is 13.0. The van der Waals surface area contributed by atoms with Crippen molar-refractivity contribution in [1.82, 2.24) is 9.38 Å². The molecule has 6 nitrogen and oxygen atoms in total. The average Bonchev–Trinajstić information content (AvgIpc) is 3.25. The van der Waals surface area contributed by atoms with E-state index in [1.807, 2.05) is 48.7 Å². The lowest BCUT2D eigenvalue weighted by Gasteiger charge is -2.08. The molecule has 1 N–H and O–H groups in total. The Labute approximate surface area is 156 Å². The van der Waals surface area contributed by atoms with Crippen molar-refractivity contribution in [2.75, 3.05) is 12.4 Å². The van der Waals surface area contributed by atoms with Crippen LogP contribution in [-0.4, -0.2) is 22.4 Å². The Morgan fingerprint density at radius 1 is 1.07 bits per heavy atom. The summed E-state index contributed by atoms with van der Waals surface area (Å²) in [4.78, 5) is 17.5. The summed E-state index contributed by atoms with van der Waals surface area (Å²) in [6, 6.07) is 14.6. The molecule has 1 aromatic carbocycles. The molecule has 3 aromatic heterocycles. The number of furan rings is 1. The first-order valence-corrected chi connectivity index (χ1v) is 8.56. The Kier molecular flexibility index (Phi) is 4.16. The molecule has 3 heterocycles. The highest BCUT2D eigenvalue weighted by atomic mass is 16.5. The van der Waals surface area contributed by atoms with Crippen molar-refractivity contribution in [2.45, 2.75) is 13.8 Å². The van der Waals surface area contributed by atoms with E-state index in [0.29, 0.717) is 28.6 Å². The van der Waals surface area contributed by atoms with Gasteiger partial charge in [0.05, 0.1) is 7.11 Å². The van der Waals surface area contributed by atoms with Gasteiger partial charge in [-0.05, 0) is 61.9 Å². The van der Waals surface area contributed by atoms with Gasteiger partial charge < -0.3 is 14.5 Å². The summed E-state index contributed by atoms with van der Waals surface area (Å²) in [5.74, 6) is 2.43. The van der Waals surface area contributed by atoms with E-state index in [0.717, 1.165) is 17.0 Å². The van der Waals surface area contributed by atoms with Gasteiger partial charge in [-0.25, -0.2) is 4.98 Å². The van der Waals surface area contributed by atoms with Crippen molar-refractivity contribution < 1.29 is 13.9 Å². The Morgan fingerprint density at radius 3 is 2.52 bits per heavy atom. The second-order valence-corrected chi connectivity index (χ2v) is 6.34. The van der Waals surface area contributed by atoms with E-state index in [9.17, 15) is 4.79 Å². The van der Waals surface area contributed by atoms with Crippen molar-refractivity contribution in [3.05, 3.63) is 71.6 Å². The number of aryl methyl sites for hydroxylation is 2. The van der Waals surface area contributed by atoms with Crippen molar-refractivity contribution in [2.24, 2.45) is 0 Å². The molecule has 0 spiro atoms. The maximum Gasteiger partial charge on any atom is 0.256 e. The van der Waals surface area contributed by atoms with Crippen LogP contribution < -0.4 is 10.1 Å². The molecular formula is C21H19N3O3. The molecule has 0 atom stereocenters. The summed E-state index contributed by atoms with van der Waals surface area (Å²) in [6.45, 7) is 3.87. The van der Waals surface area contributed by atoms with Crippen molar-refractivity contribution in [3.63, 3.8) is 0 Å². The molecule has 0 saturated heterocycles. The van der Waals surface area contributed by atoms with Crippen LogP contribution in [0.15, 0.2) is 59.1 Å². The van der Waals surface area contributed by atoms with Crippen LogP contribution in [0.25, 0.3) is 17.1 Å². The predicted molar refractivity (Wildman–Crippen MR) is 103 cm³/mol. The number of hydrogen-bond acceptors (Lipinski definition) is 4. The summed E-state index contributed by atoms with van der Waals surface area (Å²) < 4.78 is 12.8. The van der Waals surface area contributed by atoms with Gasteiger partial charge in [0.25, 0.3) is 5.91 Å². The molecule has 0 aliphatic rings. The third-order valence-corrected chi connectivity index (χ3v) is 4.32. The van der Waals surface area contributed by atoms with Crippen LogP contribution in [0.5, 0.6) is 5.75 Å². The number of hydrogen-bond donors (Lipinski definition) is 1. The Hall–Kier alpha value is -3.54. The van der Waals surface area contributed by atoms with E-state index < -0.39 is 0 Å². The lowest BCUT2D eigenvalue weighted by Crippen LogP contribution is -2.14. The van der Waals surface area contributed by atoms with Crippen LogP contribution in [-0.2, 0) is 0 Å². The quantitative estimate of drug-likeness (QED) is 0.582. The van der Waals surface area contributed by atoms with Crippen LogP contribution in [0.1, 0.15) is 21.7 Å². The second kappa shape index (κ2) is 6.64. The van der Waals surface area contributed by atoms with E-state index in [2.05, 4.69) is 10.3 Å². The number of methoxy groups -OCH3 is 1. The fourth-order valence-electron chi connectivity index (χ4n) is 2.93. The molecule has 0 aliphatic carbocycles. The number of fused-ring (bicyclic) bond motifs is 1.